The van der Waals surface area contributed by atoms with Gasteiger partial charge >= 0.3 is 0 Å². The first-order valence-corrected chi connectivity index (χ1v) is 5.82. The Labute approximate surface area is 117 Å². The van der Waals surface area contributed by atoms with Crippen LogP contribution in [-0.2, 0) is 0 Å². The summed E-state index contributed by atoms with van der Waals surface area (Å²) in [5, 5.41) is 2.62. The SMILES string of the molecule is CC.CCC.I.c1ccc2ccccc2c1. The molecule has 0 radical (unpaired) electrons. The number of fused-ring (bicyclic) bond motifs is 1. The molecule has 0 nitrogen and oxygen atoms in total. The first kappa shape index (κ1) is 17.8. The van der Waals surface area contributed by atoms with Crippen LogP contribution in [0.2, 0.25) is 0 Å². The molecule has 90 valence electrons. The molecule has 2 rings (SSSR count). The number of hydrogen-bond acceptors (Lipinski definition) is 0. The maximum atomic E-state index is 2.12. The van der Waals surface area contributed by atoms with Gasteiger partial charge in [-0.25, -0.2) is 0 Å². The minimum absolute atomic E-state index is 0. The molecule has 2 aromatic carbocycles. The van der Waals surface area contributed by atoms with Gasteiger partial charge in [0.05, 0.1) is 0 Å². The maximum absolute atomic E-state index is 2.12. The van der Waals surface area contributed by atoms with Gasteiger partial charge in [0.2, 0.25) is 0 Å². The second-order valence-electron chi connectivity index (χ2n) is 3.05. The average Bonchev–Trinajstić information content (AvgIpc) is 2.33. The molecule has 0 spiro atoms. The molecule has 0 unspecified atom stereocenters. The smallest absolute Gasteiger partial charge is 0.0184 e. The Bertz CT molecular complexity index is 290. The summed E-state index contributed by atoms with van der Waals surface area (Å²) in [6, 6.07) is 16.7. The molecule has 2 aromatic rings. The molecule has 0 amide bonds. The highest BCUT2D eigenvalue weighted by Gasteiger charge is 1.85. The number of benzene rings is 2. The Balaban J connectivity index is 0. The van der Waals surface area contributed by atoms with E-state index < -0.39 is 0 Å². The van der Waals surface area contributed by atoms with Crippen molar-refractivity contribution in [1.82, 2.24) is 0 Å². The highest BCUT2D eigenvalue weighted by atomic mass is 127. The molecular formula is C15H23I. The van der Waals surface area contributed by atoms with Crippen LogP contribution in [0.1, 0.15) is 34.1 Å². The lowest BCUT2D eigenvalue weighted by Crippen LogP contribution is -1.67. The summed E-state index contributed by atoms with van der Waals surface area (Å²) in [7, 11) is 0. The van der Waals surface area contributed by atoms with Gasteiger partial charge in [-0.05, 0) is 10.8 Å². The number of rotatable bonds is 0. The van der Waals surface area contributed by atoms with Crippen LogP contribution < -0.4 is 0 Å². The molecule has 0 atom stereocenters. The van der Waals surface area contributed by atoms with Crippen LogP contribution in [0.25, 0.3) is 10.8 Å². The van der Waals surface area contributed by atoms with E-state index in [2.05, 4.69) is 62.4 Å². The van der Waals surface area contributed by atoms with E-state index in [4.69, 9.17) is 0 Å². The average molecular weight is 330 g/mol. The van der Waals surface area contributed by atoms with Crippen molar-refractivity contribution in [2.45, 2.75) is 34.1 Å². The van der Waals surface area contributed by atoms with Gasteiger partial charge in [0, 0.05) is 0 Å². The minimum Gasteiger partial charge on any atom is -0.107 e. The third-order valence-corrected chi connectivity index (χ3v) is 1.66. The summed E-state index contributed by atoms with van der Waals surface area (Å²) >= 11 is 0. The van der Waals surface area contributed by atoms with Gasteiger partial charge in [-0.15, -0.1) is 24.0 Å². The lowest BCUT2D eigenvalue weighted by atomic mass is 10.1. The van der Waals surface area contributed by atoms with Crippen molar-refractivity contribution in [2.24, 2.45) is 0 Å². The Morgan fingerprint density at radius 1 is 0.688 bits per heavy atom. The molecule has 0 saturated heterocycles. The molecule has 1 heteroatoms. The molecule has 0 bridgehead atoms. The van der Waals surface area contributed by atoms with Crippen molar-refractivity contribution in [1.29, 1.82) is 0 Å². The van der Waals surface area contributed by atoms with Crippen LogP contribution in [0.5, 0.6) is 0 Å². The topological polar surface area (TPSA) is 0 Å². The lowest BCUT2D eigenvalue weighted by Gasteiger charge is -1.92. The molecule has 0 aromatic heterocycles. The summed E-state index contributed by atoms with van der Waals surface area (Å²) < 4.78 is 0. The molecule has 0 saturated carbocycles. The van der Waals surface area contributed by atoms with Crippen molar-refractivity contribution in [3.63, 3.8) is 0 Å². The Morgan fingerprint density at radius 2 is 0.875 bits per heavy atom. The van der Waals surface area contributed by atoms with E-state index in [9.17, 15) is 0 Å². The van der Waals surface area contributed by atoms with Crippen LogP contribution in [0.4, 0.5) is 0 Å². The van der Waals surface area contributed by atoms with Crippen LogP contribution in [0.3, 0.4) is 0 Å². The molecule has 0 aliphatic heterocycles. The summed E-state index contributed by atoms with van der Waals surface area (Å²) in [6.45, 7) is 8.25. The lowest BCUT2D eigenvalue weighted by molar-refractivity contribution is 1.09. The van der Waals surface area contributed by atoms with Gasteiger partial charge in [0.15, 0.2) is 0 Å². The van der Waals surface area contributed by atoms with Crippen molar-refractivity contribution < 1.29 is 0 Å². The fourth-order valence-corrected chi connectivity index (χ4v) is 1.13. The zero-order valence-corrected chi connectivity index (χ0v) is 13.1. The molecular weight excluding hydrogens is 307 g/mol. The second kappa shape index (κ2) is 12.5. The molecule has 0 aliphatic rings. The quantitative estimate of drug-likeness (QED) is 0.528. The van der Waals surface area contributed by atoms with Crippen molar-refractivity contribution in [3.05, 3.63) is 48.5 Å². The predicted octanol–water partition coefficient (Wildman–Crippen LogP) is 5.90. The highest BCUT2D eigenvalue weighted by Crippen LogP contribution is 2.11. The van der Waals surface area contributed by atoms with E-state index in [0.717, 1.165) is 0 Å². The molecule has 0 N–H and O–H groups in total. The number of halogens is 1. The summed E-state index contributed by atoms with van der Waals surface area (Å²) in [5.74, 6) is 0. The Kier molecular flexibility index (Phi) is 13.9. The molecule has 0 aliphatic carbocycles. The van der Waals surface area contributed by atoms with E-state index in [1.165, 1.54) is 17.2 Å². The van der Waals surface area contributed by atoms with E-state index >= 15 is 0 Å². The van der Waals surface area contributed by atoms with Gasteiger partial charge in [0.25, 0.3) is 0 Å². The third kappa shape index (κ3) is 6.83. The largest absolute Gasteiger partial charge is 0.107 e. The van der Waals surface area contributed by atoms with Gasteiger partial charge < -0.3 is 0 Å². The van der Waals surface area contributed by atoms with Crippen molar-refractivity contribution in [3.8, 4) is 0 Å². The first-order valence-electron chi connectivity index (χ1n) is 5.82. The highest BCUT2D eigenvalue weighted by molar-refractivity contribution is 14.0. The normalized spacial score (nSPS) is 7.75. The Morgan fingerprint density at radius 3 is 1.06 bits per heavy atom. The van der Waals surface area contributed by atoms with Gasteiger partial charge in [-0.2, -0.15) is 0 Å². The third-order valence-electron chi connectivity index (χ3n) is 1.66. The van der Waals surface area contributed by atoms with Crippen molar-refractivity contribution in [2.75, 3.05) is 0 Å². The van der Waals surface area contributed by atoms with Crippen molar-refractivity contribution >= 4 is 34.7 Å². The standard InChI is InChI=1S/C10H8.C3H8.C2H6.HI/c1-2-6-10-8-4-3-7-9(10)5-1;1-3-2;1-2;/h1-8H;3H2,1-2H3;1-2H3;1H. The fraction of sp³-hybridized carbons (Fsp3) is 0.333. The second-order valence-corrected chi connectivity index (χ2v) is 3.05. The van der Waals surface area contributed by atoms with E-state index in [1.807, 2.05) is 13.8 Å². The molecule has 0 heterocycles. The monoisotopic (exact) mass is 330 g/mol. The Hall–Kier alpha value is -0.570. The van der Waals surface area contributed by atoms with E-state index in [-0.39, 0.29) is 24.0 Å². The molecule has 16 heavy (non-hydrogen) atoms. The zero-order chi connectivity index (χ0) is 11.5. The van der Waals surface area contributed by atoms with E-state index in [1.54, 1.807) is 0 Å². The van der Waals surface area contributed by atoms with Crippen LogP contribution in [0, 0.1) is 0 Å². The van der Waals surface area contributed by atoms with E-state index in [0.29, 0.717) is 0 Å². The van der Waals surface area contributed by atoms with Gasteiger partial charge in [-0.1, -0.05) is 82.6 Å². The van der Waals surface area contributed by atoms with Gasteiger partial charge in [-0.3, -0.25) is 0 Å². The zero-order valence-electron chi connectivity index (χ0n) is 10.7. The van der Waals surface area contributed by atoms with Gasteiger partial charge in [0.1, 0.15) is 0 Å². The summed E-state index contributed by atoms with van der Waals surface area (Å²) in [6.07, 6.45) is 1.25. The van der Waals surface area contributed by atoms with Crippen LogP contribution >= 0.6 is 24.0 Å². The minimum atomic E-state index is 0. The summed E-state index contributed by atoms with van der Waals surface area (Å²) in [5.41, 5.74) is 0. The predicted molar refractivity (Wildman–Crippen MR) is 86.7 cm³/mol. The summed E-state index contributed by atoms with van der Waals surface area (Å²) in [4.78, 5) is 0. The maximum Gasteiger partial charge on any atom is -0.0184 e. The molecule has 0 fully saturated rings. The van der Waals surface area contributed by atoms with Crippen LogP contribution in [0.15, 0.2) is 48.5 Å². The van der Waals surface area contributed by atoms with Crippen LogP contribution in [-0.4, -0.2) is 0 Å². The number of hydrogen-bond donors (Lipinski definition) is 0. The first-order chi connectivity index (χ1) is 7.38. The fourth-order valence-electron chi connectivity index (χ4n) is 1.13.